The predicted octanol–water partition coefficient (Wildman–Crippen LogP) is 5.70. The largest absolute Gasteiger partial charge is 0.508 e. The third-order valence-corrected chi connectivity index (χ3v) is 5.34. The van der Waals surface area contributed by atoms with Gasteiger partial charge in [0.2, 0.25) is 0 Å². The third-order valence-electron chi connectivity index (χ3n) is 5.34. The standard InChI is InChI=1S/C27H34O5/c1-18(2)7-6-8-19(3)9-13-24-20(11-14-26(31-4)27(24)32-5)15-23(29)16-21-10-12-22(28)17-25(21)30/h7,9-12,14,17,28,30H,6,8,13,15-16H2,1-5H3. The van der Waals surface area contributed by atoms with Crippen LogP contribution in [0.5, 0.6) is 23.0 Å². The first-order valence-corrected chi connectivity index (χ1v) is 10.8. The van der Waals surface area contributed by atoms with Crippen LogP contribution in [-0.2, 0) is 24.1 Å². The second kappa shape index (κ2) is 12.0. The minimum atomic E-state index is -0.0826. The number of hydrogen-bond donors (Lipinski definition) is 2. The van der Waals surface area contributed by atoms with Gasteiger partial charge in [-0.3, -0.25) is 4.79 Å². The van der Waals surface area contributed by atoms with Crippen molar-refractivity contribution in [2.24, 2.45) is 0 Å². The van der Waals surface area contributed by atoms with Crippen LogP contribution in [-0.4, -0.2) is 30.2 Å². The molecule has 0 aliphatic rings. The fourth-order valence-electron chi connectivity index (χ4n) is 3.58. The van der Waals surface area contributed by atoms with Crippen LogP contribution in [0.4, 0.5) is 0 Å². The highest BCUT2D eigenvalue weighted by molar-refractivity contribution is 5.84. The van der Waals surface area contributed by atoms with Gasteiger partial charge in [-0.1, -0.05) is 35.4 Å². The Hall–Kier alpha value is -3.21. The molecule has 0 aliphatic heterocycles. The van der Waals surface area contributed by atoms with Crippen molar-refractivity contribution in [1.29, 1.82) is 0 Å². The molecule has 2 rings (SSSR count). The number of hydrogen-bond acceptors (Lipinski definition) is 5. The molecule has 0 saturated heterocycles. The quantitative estimate of drug-likeness (QED) is 0.440. The van der Waals surface area contributed by atoms with Gasteiger partial charge in [-0.05, 0) is 57.7 Å². The smallest absolute Gasteiger partial charge is 0.164 e. The van der Waals surface area contributed by atoms with E-state index in [0.717, 1.165) is 24.0 Å². The molecule has 0 heterocycles. The molecule has 2 aromatic carbocycles. The number of ether oxygens (including phenoxy) is 2. The predicted molar refractivity (Wildman–Crippen MR) is 128 cm³/mol. The number of ketones is 1. The van der Waals surface area contributed by atoms with Crippen LogP contribution >= 0.6 is 0 Å². The molecule has 2 N–H and O–H groups in total. The lowest BCUT2D eigenvalue weighted by Crippen LogP contribution is -2.10. The zero-order chi connectivity index (χ0) is 23.7. The van der Waals surface area contributed by atoms with Gasteiger partial charge in [0.05, 0.1) is 14.2 Å². The fraction of sp³-hybridized carbons (Fsp3) is 0.370. The summed E-state index contributed by atoms with van der Waals surface area (Å²) in [7, 11) is 3.20. The zero-order valence-corrected chi connectivity index (χ0v) is 19.7. The lowest BCUT2D eigenvalue weighted by Gasteiger charge is -2.16. The summed E-state index contributed by atoms with van der Waals surface area (Å²) in [4.78, 5) is 12.8. The van der Waals surface area contributed by atoms with Crippen molar-refractivity contribution in [1.82, 2.24) is 0 Å². The Balaban J connectivity index is 2.25. The van der Waals surface area contributed by atoms with Gasteiger partial charge in [-0.25, -0.2) is 0 Å². The number of carbonyl (C=O) groups excluding carboxylic acids is 1. The molecule has 2 aromatic rings. The number of Topliss-reactive ketones (excluding diaryl/α,β-unsaturated/α-hetero) is 1. The number of carbonyl (C=O) groups is 1. The van der Waals surface area contributed by atoms with E-state index in [9.17, 15) is 15.0 Å². The molecule has 0 unspecified atom stereocenters. The number of benzene rings is 2. The monoisotopic (exact) mass is 438 g/mol. The summed E-state index contributed by atoms with van der Waals surface area (Å²) in [5, 5.41) is 19.5. The normalized spacial score (nSPS) is 11.2. The lowest BCUT2D eigenvalue weighted by molar-refractivity contribution is -0.117. The second-order valence-corrected chi connectivity index (χ2v) is 8.22. The molecule has 0 aromatic heterocycles. The van der Waals surface area contributed by atoms with E-state index in [-0.39, 0.29) is 30.1 Å². The lowest BCUT2D eigenvalue weighted by atomic mass is 9.94. The first-order valence-electron chi connectivity index (χ1n) is 10.8. The van der Waals surface area contributed by atoms with Crippen molar-refractivity contribution < 1.29 is 24.5 Å². The third kappa shape index (κ3) is 7.19. The highest BCUT2D eigenvalue weighted by Gasteiger charge is 2.17. The molecule has 32 heavy (non-hydrogen) atoms. The molecule has 5 heteroatoms. The molecular weight excluding hydrogens is 404 g/mol. The molecule has 0 aliphatic carbocycles. The average Bonchev–Trinajstić information content (AvgIpc) is 2.74. The molecule has 0 spiro atoms. The molecule has 0 atom stereocenters. The van der Waals surface area contributed by atoms with Gasteiger partial charge in [0, 0.05) is 30.0 Å². The second-order valence-electron chi connectivity index (χ2n) is 8.22. The van der Waals surface area contributed by atoms with Gasteiger partial charge in [0.25, 0.3) is 0 Å². The van der Waals surface area contributed by atoms with E-state index in [1.54, 1.807) is 20.3 Å². The number of rotatable bonds is 11. The van der Waals surface area contributed by atoms with Crippen molar-refractivity contribution >= 4 is 5.78 Å². The van der Waals surface area contributed by atoms with Crippen molar-refractivity contribution in [3.8, 4) is 23.0 Å². The molecular formula is C27H34O5. The van der Waals surface area contributed by atoms with Gasteiger partial charge in [-0.15, -0.1) is 0 Å². The highest BCUT2D eigenvalue weighted by atomic mass is 16.5. The Morgan fingerprint density at radius 3 is 2.25 bits per heavy atom. The molecule has 0 fully saturated rings. The minimum absolute atomic E-state index is 0.0346. The van der Waals surface area contributed by atoms with E-state index in [1.807, 2.05) is 12.1 Å². The number of aromatic hydroxyl groups is 2. The maximum atomic E-state index is 12.8. The van der Waals surface area contributed by atoms with E-state index in [2.05, 4.69) is 32.9 Å². The van der Waals surface area contributed by atoms with Crippen LogP contribution in [0.1, 0.15) is 50.3 Å². The topological polar surface area (TPSA) is 76.0 Å². The Morgan fingerprint density at radius 1 is 0.938 bits per heavy atom. The molecule has 0 radical (unpaired) electrons. The summed E-state index contributed by atoms with van der Waals surface area (Å²) in [6.07, 6.45) is 7.31. The number of phenols is 2. The van der Waals surface area contributed by atoms with E-state index in [0.29, 0.717) is 23.5 Å². The summed E-state index contributed by atoms with van der Waals surface area (Å²) >= 11 is 0. The maximum Gasteiger partial charge on any atom is 0.164 e. The number of methoxy groups -OCH3 is 2. The number of phenolic OH excluding ortho intramolecular Hbond substituents is 2. The van der Waals surface area contributed by atoms with Gasteiger partial charge in [0.15, 0.2) is 11.5 Å². The van der Waals surface area contributed by atoms with Crippen molar-refractivity contribution in [3.63, 3.8) is 0 Å². The molecule has 0 bridgehead atoms. The molecule has 0 saturated carbocycles. The van der Waals surface area contributed by atoms with Crippen molar-refractivity contribution in [3.05, 3.63) is 70.3 Å². The first kappa shape index (κ1) is 25.1. The van der Waals surface area contributed by atoms with Gasteiger partial charge >= 0.3 is 0 Å². The summed E-state index contributed by atoms with van der Waals surface area (Å²) in [5.74, 6) is 1.11. The summed E-state index contributed by atoms with van der Waals surface area (Å²) in [6.45, 7) is 6.31. The van der Waals surface area contributed by atoms with Crippen LogP contribution in [0, 0.1) is 0 Å². The average molecular weight is 439 g/mol. The Morgan fingerprint density at radius 2 is 1.62 bits per heavy atom. The van der Waals surface area contributed by atoms with Gasteiger partial charge in [0.1, 0.15) is 17.3 Å². The van der Waals surface area contributed by atoms with E-state index in [4.69, 9.17) is 9.47 Å². The summed E-state index contributed by atoms with van der Waals surface area (Å²) < 4.78 is 11.1. The van der Waals surface area contributed by atoms with Crippen LogP contribution in [0.2, 0.25) is 0 Å². The first-order chi connectivity index (χ1) is 15.2. The van der Waals surface area contributed by atoms with E-state index >= 15 is 0 Å². The minimum Gasteiger partial charge on any atom is -0.508 e. The van der Waals surface area contributed by atoms with E-state index < -0.39 is 0 Å². The highest BCUT2D eigenvalue weighted by Crippen LogP contribution is 2.35. The van der Waals surface area contributed by atoms with Crippen LogP contribution < -0.4 is 9.47 Å². The van der Waals surface area contributed by atoms with Crippen LogP contribution in [0.3, 0.4) is 0 Å². The maximum absolute atomic E-state index is 12.8. The number of allylic oxidation sites excluding steroid dienone is 4. The Labute approximate surface area is 191 Å². The molecule has 172 valence electrons. The fourth-order valence-corrected chi connectivity index (χ4v) is 3.58. The van der Waals surface area contributed by atoms with Crippen LogP contribution in [0.15, 0.2) is 53.6 Å². The zero-order valence-electron chi connectivity index (χ0n) is 19.7. The van der Waals surface area contributed by atoms with Crippen molar-refractivity contribution in [2.75, 3.05) is 14.2 Å². The Kier molecular flexibility index (Phi) is 9.39. The summed E-state index contributed by atoms with van der Waals surface area (Å²) in [6, 6.07) is 7.99. The van der Waals surface area contributed by atoms with Crippen molar-refractivity contribution in [2.45, 2.75) is 52.9 Å². The van der Waals surface area contributed by atoms with Crippen LogP contribution in [0.25, 0.3) is 0 Å². The van der Waals surface area contributed by atoms with E-state index in [1.165, 1.54) is 23.3 Å². The van der Waals surface area contributed by atoms with Gasteiger partial charge in [-0.2, -0.15) is 0 Å². The Bertz CT molecular complexity index is 997. The van der Waals surface area contributed by atoms with Gasteiger partial charge < -0.3 is 19.7 Å². The summed E-state index contributed by atoms with van der Waals surface area (Å²) in [5.41, 5.74) is 4.88. The SMILES string of the molecule is COc1ccc(CC(=O)Cc2ccc(O)cc2O)c(CC=C(C)CCC=C(C)C)c1OC. The molecule has 0 amide bonds. The molecule has 5 nitrogen and oxygen atoms in total.